The second-order valence-corrected chi connectivity index (χ2v) is 9.13. The summed E-state index contributed by atoms with van der Waals surface area (Å²) in [6.07, 6.45) is 1.23. The quantitative estimate of drug-likeness (QED) is 0.783. The van der Waals surface area contributed by atoms with Crippen LogP contribution in [0.15, 0.2) is 24.4 Å². The van der Waals surface area contributed by atoms with E-state index >= 15 is 0 Å². The van der Waals surface area contributed by atoms with E-state index in [4.69, 9.17) is 9.47 Å². The lowest BCUT2D eigenvalue weighted by Crippen LogP contribution is -2.30. The van der Waals surface area contributed by atoms with Gasteiger partial charge < -0.3 is 14.6 Å². The first-order valence-electron chi connectivity index (χ1n) is 9.20. The first-order chi connectivity index (χ1) is 12.5. The summed E-state index contributed by atoms with van der Waals surface area (Å²) in [5.74, 6) is 0.353. The largest absolute Gasteiger partial charge is 0.508 e. The Morgan fingerprint density at radius 2 is 1.56 bits per heavy atom. The monoisotopic (exact) mass is 372 g/mol. The number of aromatic nitrogens is 2. The van der Waals surface area contributed by atoms with Crippen molar-refractivity contribution in [2.45, 2.75) is 58.4 Å². The summed E-state index contributed by atoms with van der Waals surface area (Å²) in [5.41, 5.74) is 3.16. The van der Waals surface area contributed by atoms with E-state index in [1.54, 1.807) is 4.68 Å². The van der Waals surface area contributed by atoms with Gasteiger partial charge in [0.05, 0.1) is 5.69 Å². The van der Waals surface area contributed by atoms with Gasteiger partial charge in [0.2, 0.25) is 0 Å². The summed E-state index contributed by atoms with van der Waals surface area (Å²) in [7, 11) is 0. The summed E-state index contributed by atoms with van der Waals surface area (Å²) < 4.78 is 11.7. The molecule has 0 saturated carbocycles. The number of benzene rings is 1. The third-order valence-electron chi connectivity index (χ3n) is 4.79. The van der Waals surface area contributed by atoms with E-state index in [-0.39, 0.29) is 30.1 Å². The number of phenols is 1. The normalized spacial score (nSPS) is 16.1. The molecule has 0 atom stereocenters. The zero-order valence-electron chi connectivity index (χ0n) is 16.9. The van der Waals surface area contributed by atoms with E-state index < -0.39 is 6.16 Å². The second kappa shape index (κ2) is 6.59. The first-order valence-corrected chi connectivity index (χ1v) is 9.20. The molecule has 0 aliphatic carbocycles. The molecule has 6 nitrogen and oxygen atoms in total. The molecule has 0 radical (unpaired) electrons. The highest BCUT2D eigenvalue weighted by Crippen LogP contribution is 2.41. The van der Waals surface area contributed by atoms with Crippen molar-refractivity contribution in [3.05, 3.63) is 35.5 Å². The smallest absolute Gasteiger partial charge is 0.507 e. The van der Waals surface area contributed by atoms with Crippen LogP contribution in [-0.2, 0) is 20.3 Å². The molecule has 1 saturated heterocycles. The van der Waals surface area contributed by atoms with Gasteiger partial charge in [-0.15, -0.1) is 0 Å². The van der Waals surface area contributed by atoms with Crippen molar-refractivity contribution >= 4 is 6.16 Å². The molecule has 1 aliphatic heterocycles. The second-order valence-electron chi connectivity index (χ2n) is 9.13. The molecule has 1 fully saturated rings. The molecule has 0 amide bonds. The Kier molecular flexibility index (Phi) is 4.70. The Balaban J connectivity index is 2.03. The maximum absolute atomic E-state index is 11.1. The molecule has 2 aromatic rings. The topological polar surface area (TPSA) is 73.6 Å². The van der Waals surface area contributed by atoms with E-state index in [1.165, 1.54) is 0 Å². The van der Waals surface area contributed by atoms with E-state index in [1.807, 2.05) is 24.4 Å². The molecule has 2 heterocycles. The zero-order chi connectivity index (χ0) is 20.0. The number of rotatable bonds is 2. The summed E-state index contributed by atoms with van der Waals surface area (Å²) in [4.78, 5) is 11.1. The van der Waals surface area contributed by atoms with Gasteiger partial charge in [-0.05, 0) is 29.0 Å². The van der Waals surface area contributed by atoms with Crippen LogP contribution in [0, 0.1) is 0 Å². The SMILES string of the molecule is CC(C)(C)c1cc(-c2ccn(C3COC(=O)OC3)n2)cc(C(C)(C)C)c1O. The fraction of sp³-hybridized carbons (Fsp3) is 0.524. The van der Waals surface area contributed by atoms with Crippen LogP contribution in [0.2, 0.25) is 0 Å². The molecule has 0 unspecified atom stereocenters. The highest BCUT2D eigenvalue weighted by atomic mass is 16.7. The number of nitrogens with zero attached hydrogens (tertiary/aromatic N) is 2. The predicted molar refractivity (Wildman–Crippen MR) is 103 cm³/mol. The lowest BCUT2D eigenvalue weighted by atomic mass is 9.78. The van der Waals surface area contributed by atoms with Gasteiger partial charge in [0.25, 0.3) is 0 Å². The number of cyclic esters (lactones) is 2. The van der Waals surface area contributed by atoms with Gasteiger partial charge in [-0.2, -0.15) is 5.10 Å². The standard InChI is InChI=1S/C21H28N2O4/c1-20(2,3)15-9-13(10-16(18(15)24)21(4,5)6)17-7-8-23(22-17)14-11-26-19(25)27-12-14/h7-10,14,24H,11-12H2,1-6H3. The number of ether oxygens (including phenoxy) is 2. The van der Waals surface area contributed by atoms with E-state index in [2.05, 4.69) is 46.6 Å². The molecule has 1 aliphatic rings. The van der Waals surface area contributed by atoms with Gasteiger partial charge in [-0.1, -0.05) is 41.5 Å². The van der Waals surface area contributed by atoms with Gasteiger partial charge in [0.15, 0.2) is 0 Å². The molecule has 1 aromatic heterocycles. The van der Waals surface area contributed by atoms with Crippen LogP contribution in [0.4, 0.5) is 4.79 Å². The number of carbonyl (C=O) groups excluding carboxylic acids is 1. The number of phenolic OH excluding ortho intramolecular Hbond substituents is 1. The van der Waals surface area contributed by atoms with Crippen molar-refractivity contribution in [3.63, 3.8) is 0 Å². The molecule has 1 N–H and O–H groups in total. The Hall–Kier alpha value is -2.50. The Bertz CT molecular complexity index is 811. The fourth-order valence-electron chi connectivity index (χ4n) is 3.19. The minimum atomic E-state index is -0.637. The summed E-state index contributed by atoms with van der Waals surface area (Å²) in [6, 6.07) is 5.81. The maximum Gasteiger partial charge on any atom is 0.508 e. The van der Waals surface area contributed by atoms with E-state index in [0.717, 1.165) is 22.4 Å². The predicted octanol–water partition coefficient (Wildman–Crippen LogP) is 4.56. The number of carbonyl (C=O) groups is 1. The van der Waals surface area contributed by atoms with Crippen LogP contribution in [-0.4, -0.2) is 34.3 Å². The third-order valence-corrected chi connectivity index (χ3v) is 4.79. The molecular weight excluding hydrogens is 344 g/mol. The van der Waals surface area contributed by atoms with Crippen molar-refractivity contribution in [1.82, 2.24) is 9.78 Å². The lowest BCUT2D eigenvalue weighted by molar-refractivity contribution is -0.0106. The molecule has 3 rings (SSSR count). The highest BCUT2D eigenvalue weighted by molar-refractivity contribution is 5.66. The molecule has 1 aromatic carbocycles. The molecule has 27 heavy (non-hydrogen) atoms. The summed E-state index contributed by atoms with van der Waals surface area (Å²) in [5, 5.41) is 15.5. The van der Waals surface area contributed by atoms with Crippen LogP contribution >= 0.6 is 0 Å². The average Bonchev–Trinajstić information content (AvgIpc) is 3.03. The fourth-order valence-corrected chi connectivity index (χ4v) is 3.19. The third kappa shape index (κ3) is 3.94. The van der Waals surface area contributed by atoms with Gasteiger partial charge in [0.1, 0.15) is 25.0 Å². The highest BCUT2D eigenvalue weighted by Gasteiger charge is 2.28. The number of aromatic hydroxyl groups is 1. The van der Waals surface area contributed by atoms with Gasteiger partial charge in [-0.3, -0.25) is 4.68 Å². The van der Waals surface area contributed by atoms with Crippen LogP contribution in [0.1, 0.15) is 58.7 Å². The number of hydrogen-bond donors (Lipinski definition) is 1. The van der Waals surface area contributed by atoms with E-state index in [9.17, 15) is 9.90 Å². The van der Waals surface area contributed by atoms with Gasteiger partial charge in [0, 0.05) is 22.9 Å². The first kappa shape index (κ1) is 19.3. The van der Waals surface area contributed by atoms with Crippen molar-refractivity contribution in [3.8, 4) is 17.0 Å². The molecule has 0 spiro atoms. The summed E-state index contributed by atoms with van der Waals surface area (Å²) >= 11 is 0. The molecular formula is C21H28N2O4. The van der Waals surface area contributed by atoms with Crippen molar-refractivity contribution in [1.29, 1.82) is 0 Å². The van der Waals surface area contributed by atoms with Crippen LogP contribution in [0.5, 0.6) is 5.75 Å². The molecule has 146 valence electrons. The van der Waals surface area contributed by atoms with E-state index in [0.29, 0.717) is 5.75 Å². The Morgan fingerprint density at radius 1 is 1.04 bits per heavy atom. The van der Waals surface area contributed by atoms with Crippen LogP contribution in [0.3, 0.4) is 0 Å². The molecule has 0 bridgehead atoms. The van der Waals surface area contributed by atoms with Gasteiger partial charge >= 0.3 is 6.16 Å². The van der Waals surface area contributed by atoms with Crippen LogP contribution in [0.25, 0.3) is 11.3 Å². The van der Waals surface area contributed by atoms with Crippen LogP contribution < -0.4 is 0 Å². The summed E-state index contributed by atoms with van der Waals surface area (Å²) in [6.45, 7) is 13.0. The number of hydrogen-bond acceptors (Lipinski definition) is 5. The Morgan fingerprint density at radius 3 is 2.04 bits per heavy atom. The zero-order valence-corrected chi connectivity index (χ0v) is 16.9. The average molecular weight is 372 g/mol. The molecule has 6 heteroatoms. The van der Waals surface area contributed by atoms with Gasteiger partial charge in [-0.25, -0.2) is 4.79 Å². The van der Waals surface area contributed by atoms with Crippen molar-refractivity contribution in [2.75, 3.05) is 13.2 Å². The minimum Gasteiger partial charge on any atom is -0.507 e. The minimum absolute atomic E-state index is 0.141. The van der Waals surface area contributed by atoms with Crippen molar-refractivity contribution < 1.29 is 19.4 Å². The maximum atomic E-state index is 11.1. The lowest BCUT2D eigenvalue weighted by Gasteiger charge is -2.28. The van der Waals surface area contributed by atoms with Crippen molar-refractivity contribution in [2.24, 2.45) is 0 Å². The Labute approximate surface area is 160 Å².